The van der Waals surface area contributed by atoms with Gasteiger partial charge in [-0.05, 0) is 5.41 Å². The van der Waals surface area contributed by atoms with Gasteiger partial charge in [0.25, 0.3) is 0 Å². The molecule has 0 bridgehead atoms. The van der Waals surface area contributed by atoms with E-state index in [1.807, 2.05) is 20.8 Å². The minimum absolute atomic E-state index is 0.113. The summed E-state index contributed by atoms with van der Waals surface area (Å²) < 4.78 is 0. The van der Waals surface area contributed by atoms with Crippen molar-refractivity contribution in [3.63, 3.8) is 0 Å². The Morgan fingerprint density at radius 3 is 2.29 bits per heavy atom. The van der Waals surface area contributed by atoms with Gasteiger partial charge in [0, 0.05) is 12.4 Å². The van der Waals surface area contributed by atoms with Crippen LogP contribution in [0, 0.1) is 5.41 Å². The molecule has 76 valence electrons. The van der Waals surface area contributed by atoms with E-state index in [1.165, 1.54) is 18.7 Å². The predicted octanol–water partition coefficient (Wildman–Crippen LogP) is 1.03. The summed E-state index contributed by atoms with van der Waals surface area (Å²) in [5.41, 5.74) is 6.05. The molecule has 1 aromatic heterocycles. The van der Waals surface area contributed by atoms with Crippen LogP contribution < -0.4 is 5.73 Å². The Morgan fingerprint density at radius 1 is 1.36 bits per heavy atom. The number of carbonyl (C=O) groups excluding carboxylic acids is 1. The molecule has 4 nitrogen and oxygen atoms in total. The van der Waals surface area contributed by atoms with Crippen LogP contribution in [0.4, 0.5) is 0 Å². The highest BCUT2D eigenvalue weighted by Crippen LogP contribution is 2.20. The molecular weight excluding hydrogens is 178 g/mol. The van der Waals surface area contributed by atoms with Gasteiger partial charge < -0.3 is 5.73 Å². The number of carbonyl (C=O) groups is 1. The molecule has 1 unspecified atom stereocenters. The summed E-state index contributed by atoms with van der Waals surface area (Å²) in [5.74, 6) is -0.113. The van der Waals surface area contributed by atoms with Crippen molar-refractivity contribution in [2.75, 3.05) is 0 Å². The Kier molecular flexibility index (Phi) is 2.96. The summed E-state index contributed by atoms with van der Waals surface area (Å²) in [4.78, 5) is 19.4. The topological polar surface area (TPSA) is 68.9 Å². The normalized spacial score (nSPS) is 13.7. The Labute approximate surface area is 83.6 Å². The zero-order valence-electron chi connectivity index (χ0n) is 8.69. The molecule has 1 heterocycles. The largest absolute Gasteiger partial charge is 0.321 e. The molecule has 0 amide bonds. The second-order valence-corrected chi connectivity index (χ2v) is 4.34. The van der Waals surface area contributed by atoms with E-state index in [0.29, 0.717) is 5.56 Å². The van der Waals surface area contributed by atoms with Gasteiger partial charge in [0.15, 0.2) is 5.78 Å². The maximum absolute atomic E-state index is 11.8. The van der Waals surface area contributed by atoms with E-state index in [9.17, 15) is 4.79 Å². The molecule has 0 aliphatic heterocycles. The molecule has 1 rings (SSSR count). The van der Waals surface area contributed by atoms with E-state index in [0.717, 1.165) is 0 Å². The lowest BCUT2D eigenvalue weighted by Crippen LogP contribution is -2.42. The molecule has 0 aromatic carbocycles. The average molecular weight is 193 g/mol. The lowest BCUT2D eigenvalue weighted by Gasteiger charge is -2.25. The SMILES string of the molecule is CC(C)(C)C(N)C(=O)c1cncnc1. The summed E-state index contributed by atoms with van der Waals surface area (Å²) in [6.45, 7) is 5.79. The monoisotopic (exact) mass is 193 g/mol. The number of aromatic nitrogens is 2. The number of ketones is 1. The third kappa shape index (κ3) is 2.35. The van der Waals surface area contributed by atoms with Crippen LogP contribution in [0.5, 0.6) is 0 Å². The van der Waals surface area contributed by atoms with Crippen LogP contribution in [0.1, 0.15) is 31.1 Å². The number of rotatable bonds is 2. The summed E-state index contributed by atoms with van der Waals surface area (Å²) in [6, 6.07) is -0.520. The van der Waals surface area contributed by atoms with E-state index in [4.69, 9.17) is 5.73 Å². The van der Waals surface area contributed by atoms with Crippen LogP contribution in [0.2, 0.25) is 0 Å². The molecule has 2 N–H and O–H groups in total. The quantitative estimate of drug-likeness (QED) is 0.712. The van der Waals surface area contributed by atoms with Gasteiger partial charge >= 0.3 is 0 Å². The molecule has 0 spiro atoms. The van der Waals surface area contributed by atoms with Crippen LogP contribution >= 0.6 is 0 Å². The first-order valence-electron chi connectivity index (χ1n) is 4.47. The molecule has 0 aliphatic rings. The lowest BCUT2D eigenvalue weighted by molar-refractivity contribution is 0.0900. The Hall–Kier alpha value is -1.29. The molecule has 4 heteroatoms. The van der Waals surface area contributed by atoms with Crippen molar-refractivity contribution in [3.05, 3.63) is 24.3 Å². The summed E-state index contributed by atoms with van der Waals surface area (Å²) in [7, 11) is 0. The number of hydrogen-bond acceptors (Lipinski definition) is 4. The third-order valence-corrected chi connectivity index (χ3v) is 2.06. The second-order valence-electron chi connectivity index (χ2n) is 4.34. The summed E-state index contributed by atoms with van der Waals surface area (Å²) in [6.07, 6.45) is 4.36. The highest BCUT2D eigenvalue weighted by atomic mass is 16.1. The maximum atomic E-state index is 11.8. The highest BCUT2D eigenvalue weighted by molar-refractivity contribution is 5.99. The van der Waals surface area contributed by atoms with Crippen molar-refractivity contribution in [3.8, 4) is 0 Å². The molecule has 1 atom stereocenters. The molecule has 1 aromatic rings. The highest BCUT2D eigenvalue weighted by Gasteiger charge is 2.28. The number of nitrogens with zero attached hydrogens (tertiary/aromatic N) is 2. The predicted molar refractivity (Wildman–Crippen MR) is 53.8 cm³/mol. The minimum atomic E-state index is -0.520. The summed E-state index contributed by atoms with van der Waals surface area (Å²) in [5, 5.41) is 0. The van der Waals surface area contributed by atoms with Crippen LogP contribution in [0.15, 0.2) is 18.7 Å². The van der Waals surface area contributed by atoms with E-state index in [-0.39, 0.29) is 11.2 Å². The van der Waals surface area contributed by atoms with Crippen molar-refractivity contribution in [1.29, 1.82) is 0 Å². The van der Waals surface area contributed by atoms with Crippen molar-refractivity contribution < 1.29 is 4.79 Å². The molecule has 0 saturated carbocycles. The first-order chi connectivity index (χ1) is 6.43. The Balaban J connectivity index is 2.87. The first-order valence-corrected chi connectivity index (χ1v) is 4.47. The number of Topliss-reactive ketones (excluding diaryl/α,β-unsaturated/α-hetero) is 1. The average Bonchev–Trinajstić information content (AvgIpc) is 2.15. The van der Waals surface area contributed by atoms with Crippen molar-refractivity contribution in [1.82, 2.24) is 9.97 Å². The van der Waals surface area contributed by atoms with Crippen molar-refractivity contribution in [2.45, 2.75) is 26.8 Å². The van der Waals surface area contributed by atoms with Crippen molar-refractivity contribution in [2.24, 2.45) is 11.1 Å². The van der Waals surface area contributed by atoms with Gasteiger partial charge in [-0.3, -0.25) is 4.79 Å². The van der Waals surface area contributed by atoms with Crippen LogP contribution in [0.25, 0.3) is 0 Å². The fourth-order valence-electron chi connectivity index (χ4n) is 0.999. The molecule has 0 aliphatic carbocycles. The van der Waals surface area contributed by atoms with E-state index in [1.54, 1.807) is 0 Å². The fraction of sp³-hybridized carbons (Fsp3) is 0.500. The Morgan fingerprint density at radius 2 is 1.86 bits per heavy atom. The van der Waals surface area contributed by atoms with Gasteiger partial charge in [0.05, 0.1) is 11.6 Å². The molecule has 0 saturated heterocycles. The molecular formula is C10H15N3O. The molecule has 0 radical (unpaired) electrons. The van der Waals surface area contributed by atoms with E-state index < -0.39 is 6.04 Å². The maximum Gasteiger partial charge on any atom is 0.183 e. The molecule has 0 fully saturated rings. The fourth-order valence-corrected chi connectivity index (χ4v) is 0.999. The number of nitrogens with two attached hydrogens (primary N) is 1. The van der Waals surface area contributed by atoms with Crippen LogP contribution in [-0.4, -0.2) is 21.8 Å². The third-order valence-electron chi connectivity index (χ3n) is 2.06. The van der Waals surface area contributed by atoms with Gasteiger partial charge in [-0.2, -0.15) is 0 Å². The van der Waals surface area contributed by atoms with Gasteiger partial charge in [-0.15, -0.1) is 0 Å². The van der Waals surface area contributed by atoms with E-state index >= 15 is 0 Å². The Bertz CT molecular complexity index is 316. The van der Waals surface area contributed by atoms with Gasteiger partial charge in [-0.25, -0.2) is 9.97 Å². The van der Waals surface area contributed by atoms with Crippen LogP contribution in [-0.2, 0) is 0 Å². The van der Waals surface area contributed by atoms with Crippen LogP contribution in [0.3, 0.4) is 0 Å². The second kappa shape index (κ2) is 3.84. The molecule has 14 heavy (non-hydrogen) atoms. The summed E-state index contributed by atoms with van der Waals surface area (Å²) >= 11 is 0. The van der Waals surface area contributed by atoms with E-state index in [2.05, 4.69) is 9.97 Å². The van der Waals surface area contributed by atoms with Crippen molar-refractivity contribution >= 4 is 5.78 Å². The van der Waals surface area contributed by atoms with Gasteiger partial charge in [0.1, 0.15) is 6.33 Å². The zero-order chi connectivity index (χ0) is 10.8. The minimum Gasteiger partial charge on any atom is -0.321 e. The lowest BCUT2D eigenvalue weighted by atomic mass is 9.83. The zero-order valence-corrected chi connectivity index (χ0v) is 8.69. The van der Waals surface area contributed by atoms with Gasteiger partial charge in [0.2, 0.25) is 0 Å². The standard InChI is InChI=1S/C10H15N3O/c1-10(2,3)9(11)8(14)7-4-12-6-13-5-7/h4-6,9H,11H2,1-3H3. The first kappa shape index (κ1) is 10.8. The number of hydrogen-bond donors (Lipinski definition) is 1. The van der Waals surface area contributed by atoms with Gasteiger partial charge in [-0.1, -0.05) is 20.8 Å². The smallest absolute Gasteiger partial charge is 0.183 e.